The maximum Gasteiger partial charge on any atom is 0.0278 e. The van der Waals surface area contributed by atoms with Crippen LogP contribution in [-0.4, -0.2) is 29.6 Å². The lowest BCUT2D eigenvalue weighted by atomic mass is 9.86. The summed E-state index contributed by atoms with van der Waals surface area (Å²) in [5, 5.41) is 3.70. The van der Waals surface area contributed by atoms with Crippen LogP contribution < -0.4 is 5.32 Å². The van der Waals surface area contributed by atoms with Crippen LogP contribution in [0.3, 0.4) is 0 Å². The Kier molecular flexibility index (Phi) is 4.79. The largest absolute Gasteiger partial charge is 0.309 e. The van der Waals surface area contributed by atoms with Gasteiger partial charge in [-0.25, -0.2) is 0 Å². The Hall–Kier alpha value is -0.860. The molecule has 1 saturated heterocycles. The molecule has 0 radical (unpaired) electrons. The summed E-state index contributed by atoms with van der Waals surface area (Å²) in [6.07, 6.45) is 1.18. The third kappa shape index (κ3) is 4.08. The molecule has 21 heavy (non-hydrogen) atoms. The van der Waals surface area contributed by atoms with E-state index in [2.05, 4.69) is 76.0 Å². The lowest BCUT2D eigenvalue weighted by molar-refractivity contribution is 0.0866. The average molecular weight is 288 g/mol. The number of nitrogens with zero attached hydrogens (tertiary/aromatic N) is 1. The first-order valence-corrected chi connectivity index (χ1v) is 8.32. The molecule has 0 amide bonds. The maximum absolute atomic E-state index is 3.70. The highest BCUT2D eigenvalue weighted by atomic mass is 15.2. The normalized spacial score (nSPS) is 27.8. The molecule has 1 N–H and O–H groups in total. The number of piperazine rings is 1. The Bertz CT molecular complexity index is 457. The van der Waals surface area contributed by atoms with Crippen molar-refractivity contribution in [1.82, 2.24) is 10.2 Å². The minimum Gasteiger partial charge on any atom is -0.309 e. The summed E-state index contributed by atoms with van der Waals surface area (Å²) in [6.45, 7) is 17.0. The molecule has 2 heteroatoms. The van der Waals surface area contributed by atoms with Crippen LogP contribution in [0.15, 0.2) is 24.3 Å². The zero-order valence-corrected chi connectivity index (χ0v) is 14.7. The summed E-state index contributed by atoms with van der Waals surface area (Å²) >= 11 is 0. The molecule has 2 nitrogen and oxygen atoms in total. The van der Waals surface area contributed by atoms with E-state index in [-0.39, 0.29) is 11.0 Å². The van der Waals surface area contributed by atoms with Gasteiger partial charge in [-0.3, -0.25) is 4.90 Å². The molecule has 0 aliphatic carbocycles. The van der Waals surface area contributed by atoms with E-state index in [1.165, 1.54) is 17.5 Å². The lowest BCUT2D eigenvalue weighted by Crippen LogP contribution is -2.61. The van der Waals surface area contributed by atoms with Gasteiger partial charge in [-0.15, -0.1) is 0 Å². The number of hydrogen-bond acceptors (Lipinski definition) is 2. The van der Waals surface area contributed by atoms with Crippen LogP contribution in [0.4, 0.5) is 0 Å². The first-order valence-electron chi connectivity index (χ1n) is 8.32. The highest BCUT2D eigenvalue weighted by Gasteiger charge is 2.32. The van der Waals surface area contributed by atoms with Crippen LogP contribution in [0.2, 0.25) is 0 Å². The van der Waals surface area contributed by atoms with Crippen molar-refractivity contribution < 1.29 is 0 Å². The van der Waals surface area contributed by atoms with Gasteiger partial charge in [-0.1, -0.05) is 52.0 Å². The summed E-state index contributed by atoms with van der Waals surface area (Å²) < 4.78 is 0. The van der Waals surface area contributed by atoms with E-state index in [1.54, 1.807) is 0 Å². The van der Waals surface area contributed by atoms with Crippen molar-refractivity contribution >= 4 is 0 Å². The smallest absolute Gasteiger partial charge is 0.0278 e. The predicted molar refractivity (Wildman–Crippen MR) is 91.7 cm³/mol. The van der Waals surface area contributed by atoms with Crippen LogP contribution in [-0.2, 0) is 12.0 Å². The molecule has 1 aliphatic heterocycles. The zero-order chi connectivity index (χ0) is 15.7. The summed E-state index contributed by atoms with van der Waals surface area (Å²) in [5.41, 5.74) is 3.34. The van der Waals surface area contributed by atoms with E-state index in [0.29, 0.717) is 6.04 Å². The quantitative estimate of drug-likeness (QED) is 0.906. The first kappa shape index (κ1) is 16.5. The zero-order valence-electron chi connectivity index (χ0n) is 14.7. The summed E-state index contributed by atoms with van der Waals surface area (Å²) in [7, 11) is 0. The van der Waals surface area contributed by atoms with E-state index >= 15 is 0 Å². The van der Waals surface area contributed by atoms with Gasteiger partial charge in [0.25, 0.3) is 0 Å². The highest BCUT2D eigenvalue weighted by Crippen LogP contribution is 2.24. The van der Waals surface area contributed by atoms with Crippen LogP contribution >= 0.6 is 0 Å². The van der Waals surface area contributed by atoms with Gasteiger partial charge in [0.2, 0.25) is 0 Å². The van der Waals surface area contributed by atoms with Crippen LogP contribution in [0.5, 0.6) is 0 Å². The molecule has 0 spiro atoms. The number of benzene rings is 1. The van der Waals surface area contributed by atoms with Crippen LogP contribution in [0, 0.1) is 0 Å². The van der Waals surface area contributed by atoms with Gasteiger partial charge in [0.1, 0.15) is 0 Å². The molecule has 118 valence electrons. The second-order valence-corrected chi connectivity index (χ2v) is 8.00. The number of nitrogens with one attached hydrogen (secondary N) is 1. The van der Waals surface area contributed by atoms with E-state index in [9.17, 15) is 0 Å². The summed E-state index contributed by atoms with van der Waals surface area (Å²) in [4.78, 5) is 2.62. The Morgan fingerprint density at radius 1 is 1.24 bits per heavy atom. The van der Waals surface area contributed by atoms with Gasteiger partial charge in [0.15, 0.2) is 0 Å². The molecular weight excluding hydrogens is 256 g/mol. The van der Waals surface area contributed by atoms with E-state index in [0.717, 1.165) is 19.6 Å². The fourth-order valence-corrected chi connectivity index (χ4v) is 2.98. The van der Waals surface area contributed by atoms with Gasteiger partial charge in [0, 0.05) is 31.2 Å². The van der Waals surface area contributed by atoms with Crippen LogP contribution in [0.25, 0.3) is 0 Å². The molecule has 0 saturated carbocycles. The number of hydrogen-bond donors (Lipinski definition) is 1. The fourth-order valence-electron chi connectivity index (χ4n) is 2.98. The molecule has 0 aromatic heterocycles. The van der Waals surface area contributed by atoms with Crippen molar-refractivity contribution in [3.05, 3.63) is 35.4 Å². The molecule has 2 rings (SSSR count). The lowest BCUT2D eigenvalue weighted by Gasteiger charge is -2.45. The minimum atomic E-state index is 0.238. The molecular formula is C19H32N2. The Balaban J connectivity index is 2.06. The van der Waals surface area contributed by atoms with Gasteiger partial charge in [-0.2, -0.15) is 0 Å². The Labute approximate surface area is 130 Å². The van der Waals surface area contributed by atoms with Crippen molar-refractivity contribution in [2.24, 2.45) is 0 Å². The summed E-state index contributed by atoms with van der Waals surface area (Å²) in [5.74, 6) is 0. The van der Waals surface area contributed by atoms with Crippen molar-refractivity contribution in [2.75, 3.05) is 13.1 Å². The second-order valence-electron chi connectivity index (χ2n) is 8.00. The van der Waals surface area contributed by atoms with Gasteiger partial charge in [-0.05, 0) is 36.8 Å². The van der Waals surface area contributed by atoms with Gasteiger partial charge >= 0.3 is 0 Å². The maximum atomic E-state index is 3.70. The topological polar surface area (TPSA) is 15.3 Å². The average Bonchev–Trinajstić information content (AvgIpc) is 2.43. The molecule has 1 aromatic rings. The third-order valence-electron chi connectivity index (χ3n) is 4.99. The molecule has 1 aliphatic rings. The van der Waals surface area contributed by atoms with Crippen LogP contribution in [0.1, 0.15) is 59.1 Å². The predicted octanol–water partition coefficient (Wildman–Crippen LogP) is 3.95. The fraction of sp³-hybridized carbons (Fsp3) is 0.684. The first-order chi connectivity index (χ1) is 9.73. The minimum absolute atomic E-state index is 0.238. The SMILES string of the molecule is CCC1(C)CN(Cc2ccc(C(C)(C)C)cc2)C(C)CN1. The Morgan fingerprint density at radius 2 is 1.86 bits per heavy atom. The molecule has 1 aromatic carbocycles. The van der Waals surface area contributed by atoms with Gasteiger partial charge < -0.3 is 5.32 Å². The van der Waals surface area contributed by atoms with Crippen molar-refractivity contribution in [3.63, 3.8) is 0 Å². The van der Waals surface area contributed by atoms with E-state index in [1.807, 2.05) is 0 Å². The van der Waals surface area contributed by atoms with Crippen molar-refractivity contribution in [3.8, 4) is 0 Å². The van der Waals surface area contributed by atoms with Gasteiger partial charge in [0.05, 0.1) is 0 Å². The molecule has 0 bridgehead atoms. The van der Waals surface area contributed by atoms with E-state index < -0.39 is 0 Å². The monoisotopic (exact) mass is 288 g/mol. The Morgan fingerprint density at radius 3 is 2.38 bits per heavy atom. The second kappa shape index (κ2) is 6.10. The molecule has 2 unspecified atom stereocenters. The molecule has 1 heterocycles. The highest BCUT2D eigenvalue weighted by molar-refractivity contribution is 5.27. The van der Waals surface area contributed by atoms with Crippen molar-refractivity contribution in [1.29, 1.82) is 0 Å². The third-order valence-corrected chi connectivity index (χ3v) is 4.99. The van der Waals surface area contributed by atoms with Crippen molar-refractivity contribution in [2.45, 2.75) is 71.5 Å². The molecule has 1 fully saturated rings. The van der Waals surface area contributed by atoms with E-state index in [4.69, 9.17) is 0 Å². The number of rotatable bonds is 3. The molecule has 2 atom stereocenters. The standard InChI is InChI=1S/C19H32N2/c1-7-19(6)14-21(15(2)12-20-19)13-16-8-10-17(11-9-16)18(3,4)5/h8-11,15,20H,7,12-14H2,1-6H3. The summed E-state index contributed by atoms with van der Waals surface area (Å²) in [6, 6.07) is 9.80.